The van der Waals surface area contributed by atoms with Gasteiger partial charge in [-0.15, -0.1) is 0 Å². The summed E-state index contributed by atoms with van der Waals surface area (Å²) >= 11 is 0. The van der Waals surface area contributed by atoms with Gasteiger partial charge in [0.2, 0.25) is 15.8 Å². The van der Waals surface area contributed by atoms with Gasteiger partial charge in [0.25, 0.3) is 0 Å². The second-order valence-corrected chi connectivity index (χ2v) is 9.61. The van der Waals surface area contributed by atoms with Crippen LogP contribution in [0.15, 0.2) is 53.4 Å². The largest absolute Gasteiger partial charge is 0.451 e. The summed E-state index contributed by atoms with van der Waals surface area (Å²) in [5.41, 5.74) is 0.577. The minimum atomic E-state index is -4.69. The van der Waals surface area contributed by atoms with Crippen LogP contribution in [0.1, 0.15) is 25.6 Å². The molecule has 2 aromatic carbocycles. The van der Waals surface area contributed by atoms with E-state index in [0.717, 1.165) is 12.8 Å². The third kappa shape index (κ3) is 4.49. The molecule has 0 bridgehead atoms. The smallest absolute Gasteiger partial charge is 0.340 e. The van der Waals surface area contributed by atoms with E-state index in [1.807, 2.05) is 6.92 Å². The second-order valence-electron chi connectivity index (χ2n) is 7.67. The number of benzene rings is 2. The van der Waals surface area contributed by atoms with Crippen LogP contribution in [0.3, 0.4) is 0 Å². The van der Waals surface area contributed by atoms with Gasteiger partial charge in [0.1, 0.15) is 5.82 Å². The molecule has 1 aliphatic heterocycles. The Morgan fingerprint density at radius 2 is 1.77 bits per heavy atom. The number of aromatic nitrogens is 2. The van der Waals surface area contributed by atoms with E-state index in [2.05, 4.69) is 15.3 Å². The number of rotatable bonds is 4. The molecular weight excluding hydrogens is 429 g/mol. The number of hydrogen-bond donors (Lipinski definition) is 1. The van der Waals surface area contributed by atoms with Crippen LogP contribution < -0.4 is 5.32 Å². The molecule has 1 aromatic heterocycles. The fraction of sp³-hybridized carbons (Fsp3) is 0.333. The van der Waals surface area contributed by atoms with Gasteiger partial charge in [-0.25, -0.2) is 18.4 Å². The van der Waals surface area contributed by atoms with Crippen LogP contribution in [0, 0.1) is 5.92 Å². The van der Waals surface area contributed by atoms with Crippen LogP contribution in [-0.4, -0.2) is 35.8 Å². The molecule has 6 nitrogen and oxygen atoms in total. The molecule has 1 saturated heterocycles. The zero-order chi connectivity index (χ0) is 22.2. The molecule has 0 saturated carbocycles. The number of anilines is 2. The van der Waals surface area contributed by atoms with E-state index in [9.17, 15) is 21.6 Å². The summed E-state index contributed by atoms with van der Waals surface area (Å²) < 4.78 is 66.9. The number of para-hydroxylation sites is 1. The number of nitrogens with one attached hydrogen (secondary N) is 1. The van der Waals surface area contributed by atoms with Gasteiger partial charge in [-0.3, -0.25) is 0 Å². The third-order valence-electron chi connectivity index (χ3n) is 5.23. The Bertz CT molecular complexity index is 1200. The number of hydrogen-bond acceptors (Lipinski definition) is 5. The maximum absolute atomic E-state index is 13.2. The minimum Gasteiger partial charge on any atom is -0.340 e. The lowest BCUT2D eigenvalue weighted by Crippen LogP contribution is -2.39. The van der Waals surface area contributed by atoms with Gasteiger partial charge >= 0.3 is 6.18 Å². The number of alkyl halides is 3. The maximum Gasteiger partial charge on any atom is 0.451 e. The van der Waals surface area contributed by atoms with Crippen LogP contribution >= 0.6 is 0 Å². The summed E-state index contributed by atoms with van der Waals surface area (Å²) in [7, 11) is -3.61. The van der Waals surface area contributed by atoms with Gasteiger partial charge in [0.05, 0.1) is 10.4 Å². The fourth-order valence-corrected chi connectivity index (χ4v) is 5.26. The van der Waals surface area contributed by atoms with Crippen LogP contribution in [0.5, 0.6) is 0 Å². The molecule has 2 heterocycles. The Morgan fingerprint density at radius 1 is 1.06 bits per heavy atom. The van der Waals surface area contributed by atoms with Gasteiger partial charge in [-0.05, 0) is 55.2 Å². The molecule has 1 aliphatic rings. The molecule has 10 heteroatoms. The van der Waals surface area contributed by atoms with Gasteiger partial charge in [-0.2, -0.15) is 17.5 Å². The molecular formula is C21H21F3N4O2S. The highest BCUT2D eigenvalue weighted by atomic mass is 32.2. The molecule has 1 fully saturated rings. The average molecular weight is 450 g/mol. The molecule has 0 spiro atoms. The Balaban J connectivity index is 1.63. The van der Waals surface area contributed by atoms with Gasteiger partial charge in [-0.1, -0.05) is 19.1 Å². The highest BCUT2D eigenvalue weighted by Gasteiger charge is 2.35. The van der Waals surface area contributed by atoms with Crippen molar-refractivity contribution in [2.24, 2.45) is 5.92 Å². The van der Waals surface area contributed by atoms with E-state index < -0.39 is 22.0 Å². The number of halogens is 3. The van der Waals surface area contributed by atoms with Crippen LogP contribution in [-0.2, 0) is 16.2 Å². The topological polar surface area (TPSA) is 75.2 Å². The fourth-order valence-electron chi connectivity index (χ4n) is 3.66. The molecule has 164 valence electrons. The highest BCUT2D eigenvalue weighted by Crippen LogP contribution is 2.32. The van der Waals surface area contributed by atoms with Crippen LogP contribution in [0.2, 0.25) is 0 Å². The predicted octanol–water partition coefficient (Wildman–Crippen LogP) is 4.81. The van der Waals surface area contributed by atoms with Crippen LogP contribution in [0.25, 0.3) is 10.9 Å². The summed E-state index contributed by atoms with van der Waals surface area (Å²) in [5, 5.41) is 3.29. The molecule has 1 atom stereocenters. The molecule has 3 aromatic rings. The molecule has 1 unspecified atom stereocenters. The Kier molecular flexibility index (Phi) is 5.61. The van der Waals surface area contributed by atoms with Crippen molar-refractivity contribution >= 4 is 32.4 Å². The molecule has 31 heavy (non-hydrogen) atoms. The Labute approximate surface area is 178 Å². The van der Waals surface area contributed by atoms with Crippen molar-refractivity contribution < 1.29 is 21.6 Å². The molecule has 0 aliphatic carbocycles. The first kappa shape index (κ1) is 21.5. The average Bonchev–Trinajstić information content (AvgIpc) is 2.73. The zero-order valence-corrected chi connectivity index (χ0v) is 17.5. The lowest BCUT2D eigenvalue weighted by atomic mass is 10.0. The van der Waals surface area contributed by atoms with E-state index in [0.29, 0.717) is 30.1 Å². The van der Waals surface area contributed by atoms with Crippen molar-refractivity contribution in [2.45, 2.75) is 30.8 Å². The maximum atomic E-state index is 13.2. The van der Waals surface area contributed by atoms with E-state index >= 15 is 0 Å². The molecule has 4 rings (SSSR count). The van der Waals surface area contributed by atoms with Gasteiger partial charge < -0.3 is 5.32 Å². The van der Waals surface area contributed by atoms with Crippen molar-refractivity contribution in [1.29, 1.82) is 0 Å². The Hall–Kier alpha value is -2.72. The first-order valence-corrected chi connectivity index (χ1v) is 11.3. The number of nitrogens with zero attached hydrogens (tertiary/aromatic N) is 3. The van der Waals surface area contributed by atoms with Gasteiger partial charge in [0.15, 0.2) is 0 Å². The summed E-state index contributed by atoms with van der Waals surface area (Å²) in [6, 6.07) is 12.3. The van der Waals surface area contributed by atoms with Crippen molar-refractivity contribution in [2.75, 3.05) is 18.4 Å². The first-order valence-electron chi connectivity index (χ1n) is 9.86. The predicted molar refractivity (Wildman–Crippen MR) is 111 cm³/mol. The standard InChI is InChI=1S/C21H21F3N4O2S/c1-14-5-4-12-28(13-14)31(29,30)16-10-8-15(9-11-16)25-19-17-6-2-3-7-18(17)26-20(27-19)21(22,23)24/h2-3,6-11,14H,4-5,12-13H2,1H3,(H,25,26,27). The lowest BCUT2D eigenvalue weighted by Gasteiger charge is -2.30. The van der Waals surface area contributed by atoms with E-state index in [1.54, 1.807) is 18.2 Å². The monoisotopic (exact) mass is 450 g/mol. The lowest BCUT2D eigenvalue weighted by molar-refractivity contribution is -0.144. The quantitative estimate of drug-likeness (QED) is 0.617. The first-order chi connectivity index (χ1) is 14.6. The SMILES string of the molecule is CC1CCCN(S(=O)(=O)c2ccc(Nc3nc(C(F)(F)F)nc4ccccc34)cc2)C1. The van der Waals surface area contributed by atoms with Crippen molar-refractivity contribution in [3.05, 3.63) is 54.4 Å². The summed E-state index contributed by atoms with van der Waals surface area (Å²) in [4.78, 5) is 7.39. The van der Waals surface area contributed by atoms with Crippen LogP contribution in [0.4, 0.5) is 24.7 Å². The number of fused-ring (bicyclic) bond motifs is 1. The number of sulfonamides is 1. The summed E-state index contributed by atoms with van der Waals surface area (Å²) in [6.45, 7) is 2.99. The van der Waals surface area contributed by atoms with Crippen molar-refractivity contribution in [3.8, 4) is 0 Å². The van der Waals surface area contributed by atoms with E-state index in [4.69, 9.17) is 0 Å². The van der Waals surface area contributed by atoms with Gasteiger partial charge in [0, 0.05) is 24.2 Å². The normalized spacial score (nSPS) is 18.3. The second kappa shape index (κ2) is 8.08. The number of piperidine rings is 1. The van der Waals surface area contributed by atoms with Crippen molar-refractivity contribution in [3.63, 3.8) is 0 Å². The minimum absolute atomic E-state index is 0.00149. The molecule has 0 amide bonds. The summed E-state index contributed by atoms with van der Waals surface area (Å²) in [5.74, 6) is -0.941. The van der Waals surface area contributed by atoms with E-state index in [-0.39, 0.29) is 16.2 Å². The van der Waals surface area contributed by atoms with Crippen molar-refractivity contribution in [1.82, 2.24) is 14.3 Å². The molecule has 0 radical (unpaired) electrons. The van der Waals surface area contributed by atoms with E-state index in [1.165, 1.54) is 34.6 Å². The third-order valence-corrected chi connectivity index (χ3v) is 7.11. The highest BCUT2D eigenvalue weighted by molar-refractivity contribution is 7.89. The summed E-state index contributed by atoms with van der Waals surface area (Å²) in [6.07, 6.45) is -2.87. The zero-order valence-electron chi connectivity index (χ0n) is 16.7. The molecule has 1 N–H and O–H groups in total. The Morgan fingerprint density at radius 3 is 2.45 bits per heavy atom.